The lowest BCUT2D eigenvalue weighted by Gasteiger charge is -2.34. The van der Waals surface area contributed by atoms with Gasteiger partial charge in [0.2, 0.25) is 5.95 Å². The standard InChI is InChI=1S/C23H35N7O/c1-19-6-7-21(31-3)20(18-19)8-12-26-22(24-2)25-11-5-13-29-14-16-30(17-15-29)23-27-9-4-10-28-23/h4,6-7,9-10,18H,5,8,11-17H2,1-3H3,(H2,24,25,26). The lowest BCUT2D eigenvalue weighted by molar-refractivity contribution is 0.254. The molecule has 0 bridgehead atoms. The molecule has 0 radical (unpaired) electrons. The number of aliphatic imine (C=N–C) groups is 1. The SMILES string of the molecule is CN=C(NCCCN1CCN(c2ncccn2)CC1)NCCc1cc(C)ccc1OC. The summed E-state index contributed by atoms with van der Waals surface area (Å²) in [5.74, 6) is 2.62. The van der Waals surface area contributed by atoms with E-state index in [0.717, 1.165) is 76.3 Å². The van der Waals surface area contributed by atoms with Gasteiger partial charge < -0.3 is 20.3 Å². The Bertz CT molecular complexity index is 820. The summed E-state index contributed by atoms with van der Waals surface area (Å²) in [6, 6.07) is 8.14. The third-order valence-electron chi connectivity index (χ3n) is 5.50. The Labute approximate surface area is 185 Å². The molecule has 0 saturated carbocycles. The van der Waals surface area contributed by atoms with E-state index in [9.17, 15) is 0 Å². The van der Waals surface area contributed by atoms with Crippen molar-refractivity contribution in [2.75, 3.05) is 64.9 Å². The highest BCUT2D eigenvalue weighted by Crippen LogP contribution is 2.19. The number of rotatable bonds is 9. The molecule has 0 amide bonds. The second kappa shape index (κ2) is 12.1. The third-order valence-corrected chi connectivity index (χ3v) is 5.50. The first-order valence-corrected chi connectivity index (χ1v) is 11.0. The molecule has 0 aliphatic carbocycles. The van der Waals surface area contributed by atoms with Gasteiger partial charge in [-0.3, -0.25) is 9.89 Å². The van der Waals surface area contributed by atoms with E-state index in [2.05, 4.69) is 54.5 Å². The fraction of sp³-hybridized carbons (Fsp3) is 0.522. The number of anilines is 1. The van der Waals surface area contributed by atoms with Crippen LogP contribution in [0, 0.1) is 6.92 Å². The zero-order valence-corrected chi connectivity index (χ0v) is 19.0. The van der Waals surface area contributed by atoms with Crippen molar-refractivity contribution >= 4 is 11.9 Å². The Morgan fingerprint density at radius 3 is 2.55 bits per heavy atom. The maximum Gasteiger partial charge on any atom is 0.225 e. The highest BCUT2D eigenvalue weighted by Gasteiger charge is 2.18. The molecule has 1 saturated heterocycles. The van der Waals surface area contributed by atoms with Crippen LogP contribution in [0.3, 0.4) is 0 Å². The summed E-state index contributed by atoms with van der Waals surface area (Å²) in [6.07, 6.45) is 5.58. The average Bonchev–Trinajstić information content (AvgIpc) is 2.81. The van der Waals surface area contributed by atoms with Gasteiger partial charge in [0.1, 0.15) is 5.75 Å². The van der Waals surface area contributed by atoms with Crippen molar-refractivity contribution in [3.63, 3.8) is 0 Å². The minimum Gasteiger partial charge on any atom is -0.496 e. The van der Waals surface area contributed by atoms with Gasteiger partial charge in [0.15, 0.2) is 5.96 Å². The molecule has 0 spiro atoms. The molecule has 0 unspecified atom stereocenters. The Hall–Kier alpha value is -2.87. The largest absolute Gasteiger partial charge is 0.496 e. The summed E-state index contributed by atoms with van der Waals surface area (Å²) in [4.78, 5) is 17.8. The lowest BCUT2D eigenvalue weighted by atomic mass is 10.1. The van der Waals surface area contributed by atoms with Crippen LogP contribution in [0.1, 0.15) is 17.5 Å². The second-order valence-electron chi connectivity index (χ2n) is 7.72. The summed E-state index contributed by atoms with van der Waals surface area (Å²) in [6.45, 7) is 8.93. The van der Waals surface area contributed by atoms with E-state index in [-0.39, 0.29) is 0 Å². The second-order valence-corrected chi connectivity index (χ2v) is 7.72. The number of ether oxygens (including phenoxy) is 1. The number of hydrogen-bond acceptors (Lipinski definition) is 6. The van der Waals surface area contributed by atoms with Crippen LogP contribution in [0.25, 0.3) is 0 Å². The van der Waals surface area contributed by atoms with E-state index in [1.807, 2.05) is 19.2 Å². The first-order valence-electron chi connectivity index (χ1n) is 11.0. The highest BCUT2D eigenvalue weighted by molar-refractivity contribution is 5.79. The van der Waals surface area contributed by atoms with Gasteiger partial charge in [-0.15, -0.1) is 0 Å². The van der Waals surface area contributed by atoms with Crippen molar-refractivity contribution in [2.45, 2.75) is 19.8 Å². The molecule has 168 valence electrons. The normalized spacial score (nSPS) is 15.1. The van der Waals surface area contributed by atoms with Gasteiger partial charge in [0.25, 0.3) is 0 Å². The zero-order chi connectivity index (χ0) is 21.9. The number of methoxy groups -OCH3 is 1. The summed E-state index contributed by atoms with van der Waals surface area (Å²) in [5.41, 5.74) is 2.46. The molecule has 3 rings (SSSR count). The topological polar surface area (TPSA) is 77.9 Å². The molecule has 1 aromatic heterocycles. The fourth-order valence-electron chi connectivity index (χ4n) is 3.77. The molecule has 31 heavy (non-hydrogen) atoms. The maximum atomic E-state index is 5.46. The number of piperazine rings is 1. The molecule has 2 heterocycles. The number of benzene rings is 1. The van der Waals surface area contributed by atoms with Crippen LogP contribution < -0.4 is 20.3 Å². The fourth-order valence-corrected chi connectivity index (χ4v) is 3.77. The monoisotopic (exact) mass is 425 g/mol. The lowest BCUT2D eigenvalue weighted by Crippen LogP contribution is -2.47. The van der Waals surface area contributed by atoms with E-state index >= 15 is 0 Å². The molecular weight excluding hydrogens is 390 g/mol. The molecule has 1 fully saturated rings. The van der Waals surface area contributed by atoms with Crippen LogP contribution in [0.2, 0.25) is 0 Å². The molecular formula is C23H35N7O. The van der Waals surface area contributed by atoms with Gasteiger partial charge in [-0.2, -0.15) is 0 Å². The summed E-state index contributed by atoms with van der Waals surface area (Å²) in [7, 11) is 3.53. The third kappa shape index (κ3) is 7.10. The van der Waals surface area contributed by atoms with Crippen molar-refractivity contribution in [1.82, 2.24) is 25.5 Å². The van der Waals surface area contributed by atoms with Crippen molar-refractivity contribution in [3.8, 4) is 5.75 Å². The Morgan fingerprint density at radius 2 is 1.84 bits per heavy atom. The first kappa shape index (κ1) is 22.8. The van der Waals surface area contributed by atoms with Crippen molar-refractivity contribution in [1.29, 1.82) is 0 Å². The zero-order valence-electron chi connectivity index (χ0n) is 19.0. The van der Waals surface area contributed by atoms with Crippen LogP contribution in [0.15, 0.2) is 41.7 Å². The highest BCUT2D eigenvalue weighted by atomic mass is 16.5. The van der Waals surface area contributed by atoms with Gasteiger partial charge in [-0.05, 0) is 44.0 Å². The van der Waals surface area contributed by atoms with E-state index in [0.29, 0.717) is 0 Å². The van der Waals surface area contributed by atoms with Crippen LogP contribution >= 0.6 is 0 Å². The molecule has 2 N–H and O–H groups in total. The Balaban J connectivity index is 1.31. The summed E-state index contributed by atoms with van der Waals surface area (Å²) < 4.78 is 5.46. The van der Waals surface area contributed by atoms with Crippen molar-refractivity contribution < 1.29 is 4.74 Å². The average molecular weight is 426 g/mol. The van der Waals surface area contributed by atoms with Crippen molar-refractivity contribution in [2.24, 2.45) is 4.99 Å². The number of aromatic nitrogens is 2. The van der Waals surface area contributed by atoms with Crippen LogP contribution in [-0.2, 0) is 6.42 Å². The number of nitrogens with one attached hydrogen (secondary N) is 2. The summed E-state index contributed by atoms with van der Waals surface area (Å²) >= 11 is 0. The van der Waals surface area contributed by atoms with Gasteiger partial charge in [0.05, 0.1) is 7.11 Å². The molecule has 8 nitrogen and oxygen atoms in total. The van der Waals surface area contributed by atoms with Crippen LogP contribution in [0.4, 0.5) is 5.95 Å². The molecule has 1 aliphatic rings. The smallest absolute Gasteiger partial charge is 0.225 e. The predicted octanol–water partition coefficient (Wildman–Crippen LogP) is 1.71. The number of guanidine groups is 1. The number of hydrogen-bond donors (Lipinski definition) is 2. The predicted molar refractivity (Wildman–Crippen MR) is 126 cm³/mol. The Kier molecular flexibility index (Phi) is 8.90. The molecule has 8 heteroatoms. The molecule has 2 aromatic rings. The van der Waals surface area contributed by atoms with Gasteiger partial charge >= 0.3 is 0 Å². The molecule has 1 aromatic carbocycles. The van der Waals surface area contributed by atoms with E-state index in [1.54, 1.807) is 19.5 Å². The van der Waals surface area contributed by atoms with E-state index in [4.69, 9.17) is 4.74 Å². The minimum absolute atomic E-state index is 0.809. The quantitative estimate of drug-likeness (QED) is 0.360. The molecule has 0 atom stereocenters. The van der Waals surface area contributed by atoms with Gasteiger partial charge in [0, 0.05) is 58.7 Å². The van der Waals surface area contributed by atoms with Crippen molar-refractivity contribution in [3.05, 3.63) is 47.8 Å². The number of nitrogens with zero attached hydrogens (tertiary/aromatic N) is 5. The van der Waals surface area contributed by atoms with Gasteiger partial charge in [-0.1, -0.05) is 17.7 Å². The van der Waals surface area contributed by atoms with Gasteiger partial charge in [-0.25, -0.2) is 9.97 Å². The van der Waals surface area contributed by atoms with Crippen LogP contribution in [-0.4, -0.2) is 80.8 Å². The summed E-state index contributed by atoms with van der Waals surface area (Å²) in [5, 5.41) is 6.82. The molecule has 1 aliphatic heterocycles. The first-order chi connectivity index (χ1) is 15.2. The van der Waals surface area contributed by atoms with Crippen LogP contribution in [0.5, 0.6) is 5.75 Å². The maximum absolute atomic E-state index is 5.46. The Morgan fingerprint density at radius 1 is 1.10 bits per heavy atom. The minimum atomic E-state index is 0.809. The van der Waals surface area contributed by atoms with E-state index in [1.165, 1.54) is 11.1 Å². The number of aryl methyl sites for hydroxylation is 1. The van der Waals surface area contributed by atoms with E-state index < -0.39 is 0 Å².